The summed E-state index contributed by atoms with van der Waals surface area (Å²) < 4.78 is 13.9. The van der Waals surface area contributed by atoms with Crippen molar-refractivity contribution < 1.29 is 9.31 Å². The van der Waals surface area contributed by atoms with Gasteiger partial charge in [-0.3, -0.25) is 10.1 Å². The lowest BCUT2D eigenvalue weighted by atomic mass is 10.0. The number of nitrogens with zero attached hydrogens (tertiary/aromatic N) is 3. The first-order valence-electron chi connectivity index (χ1n) is 8.33. The largest absolute Gasteiger partial charge is 0.353 e. The van der Waals surface area contributed by atoms with E-state index in [0.717, 1.165) is 5.56 Å². The minimum absolute atomic E-state index is 0.0196. The minimum Gasteiger partial charge on any atom is -0.334 e. The van der Waals surface area contributed by atoms with Gasteiger partial charge in [0.25, 0.3) is 0 Å². The van der Waals surface area contributed by atoms with Crippen LogP contribution in [0.25, 0.3) is 0 Å². The van der Waals surface area contributed by atoms with Crippen LogP contribution in [0.4, 0.5) is 33.1 Å². The standard InChI is InChI=1S/C19H18FN5O2/c1-12(2)13-7-9-14(10-8-13)23-18-17(25(26)27)19(22-11-21-18)24-16-6-4-3-5-15(16)20/h3-12H,1-2H3,(H2,21,22,23,24). The Morgan fingerprint density at radius 2 is 1.63 bits per heavy atom. The molecule has 0 aliphatic carbocycles. The summed E-state index contributed by atoms with van der Waals surface area (Å²) in [6, 6.07) is 13.4. The van der Waals surface area contributed by atoms with Gasteiger partial charge in [0.05, 0.1) is 10.6 Å². The van der Waals surface area contributed by atoms with Gasteiger partial charge < -0.3 is 10.6 Å². The van der Waals surface area contributed by atoms with Gasteiger partial charge in [0.15, 0.2) is 0 Å². The van der Waals surface area contributed by atoms with Gasteiger partial charge in [-0.1, -0.05) is 38.1 Å². The fraction of sp³-hybridized carbons (Fsp3) is 0.158. The highest BCUT2D eigenvalue weighted by molar-refractivity contribution is 5.76. The van der Waals surface area contributed by atoms with E-state index in [-0.39, 0.29) is 23.0 Å². The molecule has 3 rings (SSSR count). The molecule has 0 saturated carbocycles. The van der Waals surface area contributed by atoms with Crippen molar-refractivity contribution in [3.63, 3.8) is 0 Å². The smallest absolute Gasteiger partial charge is 0.334 e. The first-order valence-corrected chi connectivity index (χ1v) is 8.33. The number of nitrogens with one attached hydrogen (secondary N) is 2. The Bertz CT molecular complexity index is 961. The van der Waals surface area contributed by atoms with Crippen LogP contribution >= 0.6 is 0 Å². The second-order valence-electron chi connectivity index (χ2n) is 6.18. The van der Waals surface area contributed by atoms with Gasteiger partial charge in [-0.25, -0.2) is 14.4 Å². The van der Waals surface area contributed by atoms with Crippen LogP contribution in [0.5, 0.6) is 0 Å². The zero-order chi connectivity index (χ0) is 19.4. The first-order chi connectivity index (χ1) is 13.0. The fourth-order valence-electron chi connectivity index (χ4n) is 2.51. The third-order valence-electron chi connectivity index (χ3n) is 3.97. The number of anilines is 4. The summed E-state index contributed by atoms with van der Waals surface area (Å²) >= 11 is 0. The Morgan fingerprint density at radius 1 is 1.00 bits per heavy atom. The maximum absolute atomic E-state index is 13.9. The zero-order valence-corrected chi connectivity index (χ0v) is 14.8. The van der Waals surface area contributed by atoms with Crippen molar-refractivity contribution in [2.24, 2.45) is 0 Å². The molecule has 0 atom stereocenters. The number of rotatable bonds is 6. The lowest BCUT2D eigenvalue weighted by molar-refractivity contribution is -0.383. The Balaban J connectivity index is 1.94. The normalized spacial score (nSPS) is 10.7. The van der Waals surface area contributed by atoms with Crippen molar-refractivity contribution in [2.75, 3.05) is 10.6 Å². The highest BCUT2D eigenvalue weighted by atomic mass is 19.1. The zero-order valence-electron chi connectivity index (χ0n) is 14.8. The number of halogens is 1. The lowest BCUT2D eigenvalue weighted by Crippen LogP contribution is -2.06. The van der Waals surface area contributed by atoms with Crippen LogP contribution in [0.1, 0.15) is 25.3 Å². The SMILES string of the molecule is CC(C)c1ccc(Nc2ncnc(Nc3ccccc3F)c2[N+](=O)[O-])cc1. The molecule has 0 aliphatic rings. The summed E-state index contributed by atoms with van der Waals surface area (Å²) in [7, 11) is 0. The van der Waals surface area contributed by atoms with E-state index in [4.69, 9.17) is 0 Å². The van der Waals surface area contributed by atoms with Crippen molar-refractivity contribution >= 4 is 28.7 Å². The van der Waals surface area contributed by atoms with Crippen LogP contribution in [-0.2, 0) is 0 Å². The van der Waals surface area contributed by atoms with Gasteiger partial charge in [0.1, 0.15) is 12.1 Å². The Labute approximate surface area is 155 Å². The van der Waals surface area contributed by atoms with Gasteiger partial charge in [-0.15, -0.1) is 0 Å². The molecule has 0 saturated heterocycles. The van der Waals surface area contributed by atoms with Crippen LogP contribution < -0.4 is 10.6 Å². The van der Waals surface area contributed by atoms with Gasteiger partial charge >= 0.3 is 5.69 Å². The molecule has 8 heteroatoms. The number of nitro groups is 1. The first kappa shape index (κ1) is 18.2. The molecule has 3 aromatic rings. The molecule has 0 amide bonds. The van der Waals surface area contributed by atoms with Crippen LogP contribution in [0.15, 0.2) is 54.9 Å². The third-order valence-corrected chi connectivity index (χ3v) is 3.97. The summed E-state index contributed by atoms with van der Waals surface area (Å²) in [6.45, 7) is 4.16. The third kappa shape index (κ3) is 4.17. The van der Waals surface area contributed by atoms with Gasteiger partial charge in [-0.2, -0.15) is 0 Å². The monoisotopic (exact) mass is 367 g/mol. The number of hydrogen-bond donors (Lipinski definition) is 2. The van der Waals surface area contributed by atoms with E-state index < -0.39 is 10.7 Å². The van der Waals surface area contributed by atoms with Crippen LogP contribution in [0.2, 0.25) is 0 Å². The molecule has 7 nitrogen and oxygen atoms in total. The molecule has 0 aliphatic heterocycles. The maximum Gasteiger partial charge on any atom is 0.353 e. The minimum atomic E-state index is -0.603. The second kappa shape index (κ2) is 7.77. The van der Waals surface area contributed by atoms with Crippen molar-refractivity contribution in [2.45, 2.75) is 19.8 Å². The molecule has 138 valence electrons. The number of benzene rings is 2. The van der Waals surface area contributed by atoms with Crippen molar-refractivity contribution in [1.29, 1.82) is 0 Å². The van der Waals surface area contributed by atoms with E-state index in [1.165, 1.54) is 24.5 Å². The van der Waals surface area contributed by atoms with Crippen molar-refractivity contribution in [3.05, 3.63) is 76.4 Å². The van der Waals surface area contributed by atoms with Gasteiger partial charge in [0, 0.05) is 5.69 Å². The Hall–Kier alpha value is -3.55. The van der Waals surface area contributed by atoms with E-state index in [9.17, 15) is 14.5 Å². The summed E-state index contributed by atoms with van der Waals surface area (Å²) in [4.78, 5) is 18.9. The number of hydrogen-bond acceptors (Lipinski definition) is 6. The molecule has 2 aromatic carbocycles. The second-order valence-corrected chi connectivity index (χ2v) is 6.18. The molecule has 27 heavy (non-hydrogen) atoms. The molecule has 0 unspecified atom stereocenters. The summed E-state index contributed by atoms with van der Waals surface area (Å²) in [5, 5.41) is 17.2. The van der Waals surface area contributed by atoms with E-state index >= 15 is 0 Å². The molecule has 0 bridgehead atoms. The van der Waals surface area contributed by atoms with Crippen LogP contribution in [-0.4, -0.2) is 14.9 Å². The predicted molar refractivity (Wildman–Crippen MR) is 102 cm³/mol. The lowest BCUT2D eigenvalue weighted by Gasteiger charge is -2.11. The highest BCUT2D eigenvalue weighted by Gasteiger charge is 2.24. The van der Waals surface area contributed by atoms with E-state index in [1.807, 2.05) is 24.3 Å². The van der Waals surface area contributed by atoms with Gasteiger partial charge in [-0.05, 0) is 35.7 Å². The van der Waals surface area contributed by atoms with Crippen molar-refractivity contribution in [1.82, 2.24) is 9.97 Å². The number of para-hydroxylation sites is 1. The molecule has 1 heterocycles. The molecule has 2 N–H and O–H groups in total. The fourth-order valence-corrected chi connectivity index (χ4v) is 2.51. The average molecular weight is 367 g/mol. The average Bonchev–Trinajstić information content (AvgIpc) is 2.64. The molecular weight excluding hydrogens is 349 g/mol. The molecule has 0 fully saturated rings. The maximum atomic E-state index is 13.9. The van der Waals surface area contributed by atoms with Crippen LogP contribution in [0.3, 0.4) is 0 Å². The van der Waals surface area contributed by atoms with E-state index in [0.29, 0.717) is 11.6 Å². The van der Waals surface area contributed by atoms with E-state index in [2.05, 4.69) is 34.4 Å². The summed E-state index contributed by atoms with van der Waals surface area (Å²) in [5.74, 6) is -0.235. The predicted octanol–water partition coefficient (Wildman–Crippen LogP) is 5.13. The molecule has 0 spiro atoms. The Morgan fingerprint density at radius 3 is 2.22 bits per heavy atom. The van der Waals surface area contributed by atoms with Crippen LogP contribution in [0, 0.1) is 15.9 Å². The molecule has 1 aromatic heterocycles. The topological polar surface area (TPSA) is 93.0 Å². The number of aromatic nitrogens is 2. The summed E-state index contributed by atoms with van der Waals surface area (Å²) in [5.41, 5.74) is 1.53. The quantitative estimate of drug-likeness (QED) is 0.463. The summed E-state index contributed by atoms with van der Waals surface area (Å²) in [6.07, 6.45) is 1.18. The highest BCUT2D eigenvalue weighted by Crippen LogP contribution is 2.33. The van der Waals surface area contributed by atoms with E-state index in [1.54, 1.807) is 6.07 Å². The Kier molecular flexibility index (Phi) is 5.25. The molecular formula is C19H18FN5O2. The van der Waals surface area contributed by atoms with Crippen molar-refractivity contribution in [3.8, 4) is 0 Å². The van der Waals surface area contributed by atoms with Gasteiger partial charge in [0.2, 0.25) is 11.6 Å². The molecule has 0 radical (unpaired) electrons.